The van der Waals surface area contributed by atoms with E-state index in [4.69, 9.17) is 11.6 Å². The molecule has 0 saturated heterocycles. The van der Waals surface area contributed by atoms with E-state index in [0.29, 0.717) is 5.02 Å². The van der Waals surface area contributed by atoms with Gasteiger partial charge < -0.3 is 4.98 Å². The molecule has 0 unspecified atom stereocenters. The van der Waals surface area contributed by atoms with Gasteiger partial charge in [-0.05, 0) is 6.07 Å². The molecule has 0 aromatic carbocycles. The molecule has 4 nitrogen and oxygen atoms in total. The van der Waals surface area contributed by atoms with Crippen LogP contribution in [0.3, 0.4) is 0 Å². The number of nitroso groups, excluding NO2 is 1. The highest BCUT2D eigenvalue weighted by atomic mass is 35.5. The third-order valence-electron chi connectivity index (χ3n) is 1.82. The van der Waals surface area contributed by atoms with Gasteiger partial charge >= 0.3 is 0 Å². The van der Waals surface area contributed by atoms with E-state index in [9.17, 15) is 4.91 Å². The lowest BCUT2D eigenvalue weighted by Gasteiger charge is -1.92. The molecule has 66 valence electrons. The minimum absolute atomic E-state index is 0.141. The molecule has 0 aliphatic rings. The van der Waals surface area contributed by atoms with Crippen molar-refractivity contribution in [2.45, 2.75) is 6.54 Å². The highest BCUT2D eigenvalue weighted by Gasteiger charge is 2.04. The van der Waals surface area contributed by atoms with Gasteiger partial charge in [-0.25, -0.2) is 4.98 Å². The molecule has 2 heterocycles. The molecule has 2 rings (SSSR count). The molecule has 0 saturated carbocycles. The average Bonchev–Trinajstić information content (AvgIpc) is 2.49. The van der Waals surface area contributed by atoms with Gasteiger partial charge in [0.1, 0.15) is 12.2 Å². The first kappa shape index (κ1) is 8.19. The van der Waals surface area contributed by atoms with Gasteiger partial charge in [0.25, 0.3) is 0 Å². The molecule has 0 fully saturated rings. The highest BCUT2D eigenvalue weighted by Crippen LogP contribution is 2.20. The Kier molecular flexibility index (Phi) is 1.98. The molecule has 0 amide bonds. The molecule has 13 heavy (non-hydrogen) atoms. The van der Waals surface area contributed by atoms with E-state index in [2.05, 4.69) is 15.1 Å². The fourth-order valence-corrected chi connectivity index (χ4v) is 1.39. The number of nitrogens with one attached hydrogen (secondary N) is 1. The third-order valence-corrected chi connectivity index (χ3v) is 2.02. The number of halogens is 1. The maximum absolute atomic E-state index is 10.1. The van der Waals surface area contributed by atoms with E-state index in [-0.39, 0.29) is 6.54 Å². The summed E-state index contributed by atoms with van der Waals surface area (Å²) in [6.45, 7) is 0.141. The van der Waals surface area contributed by atoms with Gasteiger partial charge in [0.05, 0.1) is 5.02 Å². The van der Waals surface area contributed by atoms with Crippen LogP contribution >= 0.6 is 11.6 Å². The van der Waals surface area contributed by atoms with Crippen LogP contribution in [0.15, 0.2) is 23.6 Å². The van der Waals surface area contributed by atoms with E-state index in [1.165, 1.54) is 0 Å². The molecule has 5 heteroatoms. The van der Waals surface area contributed by atoms with Crippen LogP contribution in [0.5, 0.6) is 0 Å². The highest BCUT2D eigenvalue weighted by molar-refractivity contribution is 6.31. The first-order valence-electron chi connectivity index (χ1n) is 3.72. The van der Waals surface area contributed by atoms with Crippen LogP contribution in [0, 0.1) is 4.91 Å². The van der Waals surface area contributed by atoms with Gasteiger partial charge in [-0.2, -0.15) is 4.91 Å². The normalized spacial score (nSPS) is 10.5. The second-order valence-corrected chi connectivity index (χ2v) is 3.09. The summed E-state index contributed by atoms with van der Waals surface area (Å²) >= 11 is 5.76. The summed E-state index contributed by atoms with van der Waals surface area (Å²) in [4.78, 5) is 17.1. The number of fused-ring (bicyclic) bond motifs is 1. The fourth-order valence-electron chi connectivity index (χ4n) is 1.23. The number of aromatic nitrogens is 2. The van der Waals surface area contributed by atoms with Crippen molar-refractivity contribution < 1.29 is 0 Å². The Labute approximate surface area is 78.9 Å². The van der Waals surface area contributed by atoms with Crippen molar-refractivity contribution in [2.75, 3.05) is 0 Å². The fraction of sp³-hybridized carbons (Fsp3) is 0.125. The van der Waals surface area contributed by atoms with Crippen LogP contribution < -0.4 is 0 Å². The monoisotopic (exact) mass is 195 g/mol. The Hall–Kier alpha value is -1.42. The lowest BCUT2D eigenvalue weighted by atomic mass is 10.2. The number of hydrogen-bond donors (Lipinski definition) is 1. The number of hydrogen-bond acceptors (Lipinski definition) is 3. The second-order valence-electron chi connectivity index (χ2n) is 2.65. The molecular weight excluding hydrogens is 190 g/mol. The van der Waals surface area contributed by atoms with Crippen molar-refractivity contribution in [3.05, 3.63) is 34.0 Å². The van der Waals surface area contributed by atoms with Crippen molar-refractivity contribution in [3.63, 3.8) is 0 Å². The second kappa shape index (κ2) is 3.14. The van der Waals surface area contributed by atoms with Gasteiger partial charge in [-0.15, -0.1) is 0 Å². The molecule has 2 aromatic rings. The van der Waals surface area contributed by atoms with Crippen molar-refractivity contribution in [1.29, 1.82) is 0 Å². The summed E-state index contributed by atoms with van der Waals surface area (Å²) in [7, 11) is 0. The zero-order valence-corrected chi connectivity index (χ0v) is 7.38. The first-order chi connectivity index (χ1) is 6.31. The summed E-state index contributed by atoms with van der Waals surface area (Å²) in [5.74, 6) is 0. The number of H-pyrrole nitrogens is 1. The SMILES string of the molecule is O=NCc1c[nH]c2ncc(Cl)cc12. The molecule has 2 aromatic heterocycles. The van der Waals surface area contributed by atoms with Crippen LogP contribution in [0.2, 0.25) is 5.02 Å². The van der Waals surface area contributed by atoms with Crippen molar-refractivity contribution in [1.82, 2.24) is 9.97 Å². The van der Waals surface area contributed by atoms with E-state index >= 15 is 0 Å². The van der Waals surface area contributed by atoms with E-state index in [1.807, 2.05) is 0 Å². The molecule has 0 spiro atoms. The Morgan fingerprint density at radius 3 is 3.23 bits per heavy atom. The molecule has 0 radical (unpaired) electrons. The zero-order valence-electron chi connectivity index (χ0n) is 6.62. The maximum Gasteiger partial charge on any atom is 0.137 e. The predicted octanol–water partition coefficient (Wildman–Crippen LogP) is 2.48. The number of aromatic amines is 1. The van der Waals surface area contributed by atoms with Gasteiger partial charge in [0, 0.05) is 23.3 Å². The summed E-state index contributed by atoms with van der Waals surface area (Å²) in [6, 6.07) is 1.76. The van der Waals surface area contributed by atoms with E-state index in [1.54, 1.807) is 18.5 Å². The Bertz CT molecular complexity index is 452. The molecule has 0 bridgehead atoms. The van der Waals surface area contributed by atoms with E-state index in [0.717, 1.165) is 16.6 Å². The zero-order chi connectivity index (χ0) is 9.26. The number of rotatable bonds is 2. The predicted molar refractivity (Wildman–Crippen MR) is 50.6 cm³/mol. The number of nitrogens with zero attached hydrogens (tertiary/aromatic N) is 2. The van der Waals surface area contributed by atoms with Gasteiger partial charge in [-0.1, -0.05) is 16.8 Å². The molecule has 1 N–H and O–H groups in total. The molecule has 0 aliphatic heterocycles. The third kappa shape index (κ3) is 1.40. The van der Waals surface area contributed by atoms with Gasteiger partial charge in [0.15, 0.2) is 0 Å². The Morgan fingerprint density at radius 1 is 1.62 bits per heavy atom. The average molecular weight is 196 g/mol. The largest absolute Gasteiger partial charge is 0.346 e. The summed E-state index contributed by atoms with van der Waals surface area (Å²) in [6.07, 6.45) is 3.27. The number of pyridine rings is 1. The minimum atomic E-state index is 0.141. The minimum Gasteiger partial charge on any atom is -0.346 e. The van der Waals surface area contributed by atoms with E-state index < -0.39 is 0 Å². The topological polar surface area (TPSA) is 58.1 Å². The van der Waals surface area contributed by atoms with Crippen LogP contribution in [0.25, 0.3) is 11.0 Å². The lowest BCUT2D eigenvalue weighted by molar-refractivity contribution is 1.07. The Balaban J connectivity index is 2.64. The smallest absolute Gasteiger partial charge is 0.137 e. The summed E-state index contributed by atoms with van der Waals surface area (Å²) < 4.78 is 0. The summed E-state index contributed by atoms with van der Waals surface area (Å²) in [5.41, 5.74) is 1.54. The molecule has 0 aliphatic carbocycles. The standard InChI is InChI=1S/C8H6ClN3O/c9-6-1-7-5(3-12-13)2-10-8(7)11-4-6/h1-2,4H,3H2,(H,10,11). The lowest BCUT2D eigenvalue weighted by Crippen LogP contribution is -1.78. The van der Waals surface area contributed by atoms with Crippen molar-refractivity contribution in [2.24, 2.45) is 5.18 Å². The van der Waals surface area contributed by atoms with Crippen LogP contribution in [0.4, 0.5) is 0 Å². The van der Waals surface area contributed by atoms with Gasteiger partial charge in [-0.3, -0.25) is 0 Å². The van der Waals surface area contributed by atoms with Crippen LogP contribution in [0.1, 0.15) is 5.56 Å². The summed E-state index contributed by atoms with van der Waals surface area (Å²) in [5, 5.41) is 4.23. The Morgan fingerprint density at radius 2 is 2.46 bits per heavy atom. The van der Waals surface area contributed by atoms with Crippen LogP contribution in [-0.2, 0) is 6.54 Å². The quantitative estimate of drug-likeness (QED) is 0.749. The van der Waals surface area contributed by atoms with Crippen LogP contribution in [-0.4, -0.2) is 9.97 Å². The molecule has 0 atom stereocenters. The molecular formula is C8H6ClN3O. The van der Waals surface area contributed by atoms with Crippen molar-refractivity contribution >= 4 is 22.6 Å². The van der Waals surface area contributed by atoms with Gasteiger partial charge in [0.2, 0.25) is 0 Å². The maximum atomic E-state index is 10.1. The first-order valence-corrected chi connectivity index (χ1v) is 4.09. The van der Waals surface area contributed by atoms with Crippen molar-refractivity contribution in [3.8, 4) is 0 Å².